The highest BCUT2D eigenvalue weighted by Crippen LogP contribution is 2.43. The van der Waals surface area contributed by atoms with Crippen LogP contribution in [0.5, 0.6) is 0 Å². The molecule has 0 fully saturated rings. The van der Waals surface area contributed by atoms with Crippen LogP contribution >= 0.6 is 0 Å². The van der Waals surface area contributed by atoms with E-state index in [1.165, 1.54) is 14.2 Å². The number of hydrogen-bond donors (Lipinski definition) is 0. The molecule has 0 saturated heterocycles. The molecule has 1 aromatic rings. The molecule has 2 aliphatic heterocycles. The highest BCUT2D eigenvalue weighted by Gasteiger charge is 2.43. The average molecular weight is 374 g/mol. The van der Waals surface area contributed by atoms with E-state index in [0.717, 1.165) is 11.3 Å². The predicted octanol–water partition coefficient (Wildman–Crippen LogP) is 1.33. The molecule has 0 radical (unpaired) electrons. The topological polar surface area (TPSA) is 85.4 Å². The van der Waals surface area contributed by atoms with Crippen molar-refractivity contribution in [2.45, 2.75) is 19.3 Å². The van der Waals surface area contributed by atoms with Gasteiger partial charge in [-0.3, -0.25) is 4.79 Å². The molecule has 0 unspecified atom stereocenters. The molecule has 0 N–H and O–H groups in total. The highest BCUT2D eigenvalue weighted by molar-refractivity contribution is 6.08. The first-order valence-corrected chi connectivity index (χ1v) is 8.41. The molecule has 8 nitrogen and oxygen atoms in total. The smallest absolute Gasteiger partial charge is 0.355 e. The molecule has 1 aromatic carbocycles. The van der Waals surface area contributed by atoms with E-state index < -0.39 is 17.4 Å². The number of likely N-dealkylation sites (N-methyl/N-ethyl adjacent to an activating group) is 1. The Hall–Kier alpha value is -2.87. The van der Waals surface area contributed by atoms with Crippen LogP contribution < -0.4 is 9.80 Å². The van der Waals surface area contributed by atoms with Gasteiger partial charge in [0.25, 0.3) is 0 Å². The Morgan fingerprint density at radius 2 is 1.81 bits per heavy atom. The summed E-state index contributed by atoms with van der Waals surface area (Å²) in [5.41, 5.74) is 1.73. The van der Waals surface area contributed by atoms with Gasteiger partial charge >= 0.3 is 11.9 Å². The number of carbonyl (C=O) groups is 3. The summed E-state index contributed by atoms with van der Waals surface area (Å²) in [7, 11) is 4.22. The Labute approximate surface area is 157 Å². The second kappa shape index (κ2) is 6.70. The third kappa shape index (κ3) is 2.86. The van der Waals surface area contributed by atoms with Gasteiger partial charge in [-0.05, 0) is 37.6 Å². The Morgan fingerprint density at radius 3 is 2.44 bits per heavy atom. The van der Waals surface area contributed by atoms with Gasteiger partial charge in [-0.2, -0.15) is 0 Å². The zero-order valence-electron chi connectivity index (χ0n) is 16.0. The van der Waals surface area contributed by atoms with Crippen molar-refractivity contribution in [2.24, 2.45) is 0 Å². The number of nitrogens with zero attached hydrogens (tertiary/aromatic N) is 2. The number of esters is 2. The van der Waals surface area contributed by atoms with Crippen molar-refractivity contribution in [1.29, 1.82) is 0 Å². The fourth-order valence-electron chi connectivity index (χ4n) is 3.48. The lowest BCUT2D eigenvalue weighted by atomic mass is 9.86. The van der Waals surface area contributed by atoms with Crippen LogP contribution in [0.15, 0.2) is 29.5 Å². The normalized spacial score (nSPS) is 18.5. The van der Waals surface area contributed by atoms with Crippen LogP contribution in [0.2, 0.25) is 0 Å². The zero-order chi connectivity index (χ0) is 19.9. The number of methoxy groups -OCH3 is 2. The van der Waals surface area contributed by atoms with Gasteiger partial charge in [0.2, 0.25) is 5.91 Å². The van der Waals surface area contributed by atoms with Gasteiger partial charge in [-0.1, -0.05) is 0 Å². The Bertz CT molecular complexity index is 858. The minimum atomic E-state index is -0.697. The van der Waals surface area contributed by atoms with Gasteiger partial charge in [0.05, 0.1) is 31.8 Å². The van der Waals surface area contributed by atoms with Crippen LogP contribution in [0, 0.1) is 0 Å². The van der Waals surface area contributed by atoms with Gasteiger partial charge in [0, 0.05) is 18.4 Å². The van der Waals surface area contributed by atoms with Crippen molar-refractivity contribution in [1.82, 2.24) is 0 Å². The Balaban J connectivity index is 2.13. The van der Waals surface area contributed by atoms with Gasteiger partial charge in [0.15, 0.2) is 0 Å². The molecule has 2 heterocycles. The summed E-state index contributed by atoms with van der Waals surface area (Å²) in [6.07, 6.45) is 0. The van der Waals surface area contributed by atoms with E-state index in [2.05, 4.69) is 0 Å². The van der Waals surface area contributed by atoms with Crippen molar-refractivity contribution < 1.29 is 28.6 Å². The van der Waals surface area contributed by atoms with Crippen LogP contribution in [0.3, 0.4) is 0 Å². The van der Waals surface area contributed by atoms with Crippen LogP contribution in [0.4, 0.5) is 11.4 Å². The lowest BCUT2D eigenvalue weighted by Gasteiger charge is -2.32. The highest BCUT2D eigenvalue weighted by atomic mass is 16.5. The van der Waals surface area contributed by atoms with E-state index in [4.69, 9.17) is 14.2 Å². The SMILES string of the molecule is COC(=O)C1=C(C(=O)OC)N(c2ccc3c(c2)C(C)(C)C(=O)N3C)COC1. The number of carbonyl (C=O) groups excluding carboxylic acids is 3. The molecule has 27 heavy (non-hydrogen) atoms. The first-order chi connectivity index (χ1) is 12.7. The number of amides is 1. The standard InChI is InChI=1S/C19H22N2O6/c1-19(2)13-8-11(6-7-14(13)20(3)18(19)24)21-10-27-9-12(16(22)25-4)15(21)17(23)26-5/h6-8H,9-10H2,1-5H3. The maximum atomic E-state index is 12.5. The van der Waals surface area contributed by atoms with Crippen molar-refractivity contribution in [3.63, 3.8) is 0 Å². The fraction of sp³-hybridized carbons (Fsp3) is 0.421. The third-order valence-electron chi connectivity index (χ3n) is 5.00. The maximum absolute atomic E-state index is 12.5. The van der Waals surface area contributed by atoms with Gasteiger partial charge in [-0.25, -0.2) is 9.59 Å². The minimum absolute atomic E-state index is 0.0106. The van der Waals surface area contributed by atoms with Crippen LogP contribution in [0.25, 0.3) is 0 Å². The molecule has 8 heteroatoms. The maximum Gasteiger partial charge on any atom is 0.355 e. The average Bonchev–Trinajstić information content (AvgIpc) is 2.86. The summed E-state index contributed by atoms with van der Waals surface area (Å²) in [6.45, 7) is 3.72. The third-order valence-corrected chi connectivity index (χ3v) is 5.00. The van der Waals surface area contributed by atoms with Gasteiger partial charge in [0.1, 0.15) is 12.4 Å². The zero-order valence-corrected chi connectivity index (χ0v) is 16.0. The molecule has 2 aliphatic rings. The number of benzene rings is 1. The fourth-order valence-corrected chi connectivity index (χ4v) is 3.48. The summed E-state index contributed by atoms with van der Waals surface area (Å²) in [6, 6.07) is 5.43. The molecule has 0 atom stereocenters. The number of fused-ring (bicyclic) bond motifs is 1. The van der Waals surface area contributed by atoms with Gasteiger partial charge < -0.3 is 24.0 Å². The molecule has 1 amide bonds. The second-order valence-corrected chi connectivity index (χ2v) is 6.91. The molecule has 0 bridgehead atoms. The van der Waals surface area contributed by atoms with E-state index >= 15 is 0 Å². The van der Waals surface area contributed by atoms with E-state index in [1.54, 1.807) is 22.9 Å². The van der Waals surface area contributed by atoms with Crippen molar-refractivity contribution in [2.75, 3.05) is 44.4 Å². The van der Waals surface area contributed by atoms with Crippen molar-refractivity contribution in [3.05, 3.63) is 35.0 Å². The second-order valence-electron chi connectivity index (χ2n) is 6.91. The molecule has 3 rings (SSSR count). The quantitative estimate of drug-likeness (QED) is 0.738. The van der Waals surface area contributed by atoms with E-state index in [-0.39, 0.29) is 30.5 Å². The van der Waals surface area contributed by atoms with E-state index in [0.29, 0.717) is 5.69 Å². The van der Waals surface area contributed by atoms with E-state index in [9.17, 15) is 14.4 Å². The molecule has 0 aromatic heterocycles. The van der Waals surface area contributed by atoms with Crippen molar-refractivity contribution >= 4 is 29.2 Å². The first kappa shape index (κ1) is 18.9. The van der Waals surface area contributed by atoms with Crippen LogP contribution in [-0.2, 0) is 34.0 Å². The van der Waals surface area contributed by atoms with Crippen LogP contribution in [-0.4, -0.2) is 52.5 Å². The summed E-state index contributed by atoms with van der Waals surface area (Å²) in [5, 5.41) is 0. The summed E-state index contributed by atoms with van der Waals surface area (Å²) in [4.78, 5) is 40.2. The van der Waals surface area contributed by atoms with E-state index in [1.807, 2.05) is 26.0 Å². The number of hydrogen-bond acceptors (Lipinski definition) is 7. The lowest BCUT2D eigenvalue weighted by molar-refractivity contribution is -0.140. The summed E-state index contributed by atoms with van der Waals surface area (Å²) >= 11 is 0. The monoisotopic (exact) mass is 374 g/mol. The number of anilines is 2. The molecular weight excluding hydrogens is 352 g/mol. The predicted molar refractivity (Wildman–Crippen MR) is 97.2 cm³/mol. The minimum Gasteiger partial charge on any atom is -0.466 e. The molecule has 0 spiro atoms. The Kier molecular flexibility index (Phi) is 4.69. The molecule has 144 valence electrons. The Morgan fingerprint density at radius 1 is 1.15 bits per heavy atom. The van der Waals surface area contributed by atoms with Gasteiger partial charge in [-0.15, -0.1) is 0 Å². The first-order valence-electron chi connectivity index (χ1n) is 8.41. The van der Waals surface area contributed by atoms with Crippen LogP contribution in [0.1, 0.15) is 19.4 Å². The lowest BCUT2D eigenvalue weighted by Crippen LogP contribution is -2.39. The summed E-state index contributed by atoms with van der Waals surface area (Å²) < 4.78 is 15.1. The summed E-state index contributed by atoms with van der Waals surface area (Å²) in [5.74, 6) is -1.33. The molecule has 0 aliphatic carbocycles. The molecular formula is C19H22N2O6. The van der Waals surface area contributed by atoms with Crippen molar-refractivity contribution in [3.8, 4) is 0 Å². The molecule has 0 saturated carbocycles. The number of ether oxygens (including phenoxy) is 3. The largest absolute Gasteiger partial charge is 0.466 e. The number of rotatable bonds is 3.